The fourth-order valence-electron chi connectivity index (χ4n) is 2.64. The van der Waals surface area contributed by atoms with Gasteiger partial charge in [0, 0.05) is 24.6 Å². The Morgan fingerprint density at radius 3 is 2.42 bits per heavy atom. The SMILES string of the molecule is O=C1C[C@@H](N2CCSCC2)C(=O)N1c1ccccc1. The quantitative estimate of drug-likeness (QED) is 0.765. The minimum absolute atomic E-state index is 0.0666. The first kappa shape index (κ1) is 12.7. The van der Waals surface area contributed by atoms with Gasteiger partial charge >= 0.3 is 0 Å². The minimum atomic E-state index is -0.256. The van der Waals surface area contributed by atoms with Gasteiger partial charge in [-0.2, -0.15) is 11.8 Å². The van der Waals surface area contributed by atoms with E-state index in [1.165, 1.54) is 4.90 Å². The molecule has 2 amide bonds. The van der Waals surface area contributed by atoms with E-state index in [2.05, 4.69) is 4.90 Å². The van der Waals surface area contributed by atoms with Gasteiger partial charge in [-0.3, -0.25) is 14.5 Å². The lowest BCUT2D eigenvalue weighted by atomic mass is 10.2. The first-order valence-corrected chi connectivity index (χ1v) is 7.66. The van der Waals surface area contributed by atoms with Crippen LogP contribution in [0.1, 0.15) is 6.42 Å². The predicted molar refractivity (Wildman–Crippen MR) is 76.2 cm³/mol. The zero-order valence-electron chi connectivity index (χ0n) is 10.6. The van der Waals surface area contributed by atoms with Crippen molar-refractivity contribution in [2.75, 3.05) is 29.5 Å². The van der Waals surface area contributed by atoms with Crippen molar-refractivity contribution in [3.63, 3.8) is 0 Å². The maximum absolute atomic E-state index is 12.5. The highest BCUT2D eigenvalue weighted by Gasteiger charge is 2.42. The van der Waals surface area contributed by atoms with Crippen molar-refractivity contribution in [2.24, 2.45) is 0 Å². The number of nitrogens with zero attached hydrogens (tertiary/aromatic N) is 2. The average Bonchev–Trinajstić information content (AvgIpc) is 2.76. The second-order valence-corrected chi connectivity index (χ2v) is 6.00. The van der Waals surface area contributed by atoms with Crippen LogP contribution in [-0.2, 0) is 9.59 Å². The van der Waals surface area contributed by atoms with Gasteiger partial charge in [0.25, 0.3) is 5.91 Å². The molecule has 1 atom stereocenters. The van der Waals surface area contributed by atoms with Gasteiger partial charge in [-0.25, -0.2) is 4.90 Å². The maximum Gasteiger partial charge on any atom is 0.251 e. The van der Waals surface area contributed by atoms with Crippen LogP contribution in [0.15, 0.2) is 30.3 Å². The van der Waals surface area contributed by atoms with Crippen molar-refractivity contribution in [2.45, 2.75) is 12.5 Å². The van der Waals surface area contributed by atoms with Crippen LogP contribution in [-0.4, -0.2) is 47.4 Å². The highest BCUT2D eigenvalue weighted by molar-refractivity contribution is 7.99. The molecule has 100 valence electrons. The van der Waals surface area contributed by atoms with E-state index in [-0.39, 0.29) is 17.9 Å². The van der Waals surface area contributed by atoms with Gasteiger partial charge in [-0.15, -0.1) is 0 Å². The average molecular weight is 276 g/mol. The molecule has 0 aromatic heterocycles. The van der Waals surface area contributed by atoms with Crippen LogP contribution in [0.2, 0.25) is 0 Å². The first-order valence-electron chi connectivity index (χ1n) is 6.51. The molecule has 0 bridgehead atoms. The van der Waals surface area contributed by atoms with Crippen LogP contribution in [0.4, 0.5) is 5.69 Å². The second-order valence-electron chi connectivity index (χ2n) is 4.77. The fourth-order valence-corrected chi connectivity index (χ4v) is 3.57. The molecule has 2 aliphatic rings. The van der Waals surface area contributed by atoms with Crippen molar-refractivity contribution in [1.82, 2.24) is 4.90 Å². The van der Waals surface area contributed by atoms with Crippen molar-refractivity contribution in [3.05, 3.63) is 30.3 Å². The minimum Gasteiger partial charge on any atom is -0.290 e. The summed E-state index contributed by atoms with van der Waals surface area (Å²) >= 11 is 1.91. The van der Waals surface area contributed by atoms with Crippen molar-refractivity contribution >= 4 is 29.3 Å². The highest BCUT2D eigenvalue weighted by atomic mass is 32.2. The molecule has 0 unspecified atom stereocenters. The van der Waals surface area contributed by atoms with Crippen molar-refractivity contribution < 1.29 is 9.59 Å². The van der Waals surface area contributed by atoms with E-state index >= 15 is 0 Å². The number of anilines is 1. The van der Waals surface area contributed by atoms with E-state index in [1.54, 1.807) is 0 Å². The largest absolute Gasteiger partial charge is 0.290 e. The lowest BCUT2D eigenvalue weighted by Crippen LogP contribution is -2.45. The molecular weight excluding hydrogens is 260 g/mol. The summed E-state index contributed by atoms with van der Waals surface area (Å²) in [6.45, 7) is 1.80. The number of carbonyl (C=O) groups excluding carboxylic acids is 2. The lowest BCUT2D eigenvalue weighted by molar-refractivity contribution is -0.122. The van der Waals surface area contributed by atoms with Gasteiger partial charge in [0.1, 0.15) is 0 Å². The molecule has 0 saturated carbocycles. The Balaban J connectivity index is 1.81. The zero-order valence-corrected chi connectivity index (χ0v) is 11.4. The number of para-hydroxylation sites is 1. The number of carbonyl (C=O) groups is 2. The van der Waals surface area contributed by atoms with Gasteiger partial charge in [0.15, 0.2) is 0 Å². The van der Waals surface area contributed by atoms with Gasteiger partial charge in [0.05, 0.1) is 18.2 Å². The molecule has 1 aromatic carbocycles. The molecule has 1 aromatic rings. The molecule has 2 saturated heterocycles. The first-order chi connectivity index (χ1) is 9.27. The topological polar surface area (TPSA) is 40.6 Å². The Labute approximate surface area is 116 Å². The normalized spacial score (nSPS) is 25.1. The number of hydrogen-bond acceptors (Lipinski definition) is 4. The number of imide groups is 1. The van der Waals surface area contributed by atoms with E-state index in [1.807, 2.05) is 42.1 Å². The summed E-state index contributed by atoms with van der Waals surface area (Å²) in [5.41, 5.74) is 0.686. The van der Waals surface area contributed by atoms with Gasteiger partial charge < -0.3 is 0 Å². The molecule has 3 rings (SSSR count). The van der Waals surface area contributed by atoms with E-state index < -0.39 is 0 Å². The molecule has 2 heterocycles. The van der Waals surface area contributed by atoms with E-state index in [9.17, 15) is 9.59 Å². The number of hydrogen-bond donors (Lipinski definition) is 0. The molecule has 2 fully saturated rings. The summed E-state index contributed by atoms with van der Waals surface area (Å²) in [6.07, 6.45) is 0.318. The van der Waals surface area contributed by atoms with E-state index in [4.69, 9.17) is 0 Å². The van der Waals surface area contributed by atoms with Gasteiger partial charge in [0.2, 0.25) is 5.91 Å². The molecular formula is C14H16N2O2S. The summed E-state index contributed by atoms with van der Waals surface area (Å²) < 4.78 is 0. The predicted octanol–water partition coefficient (Wildman–Crippen LogP) is 1.37. The Morgan fingerprint density at radius 2 is 1.74 bits per heavy atom. The Bertz CT molecular complexity index is 485. The third kappa shape index (κ3) is 2.40. The fraction of sp³-hybridized carbons (Fsp3) is 0.429. The Morgan fingerprint density at radius 1 is 1.05 bits per heavy atom. The third-order valence-electron chi connectivity index (χ3n) is 3.62. The molecule has 0 N–H and O–H groups in total. The Kier molecular flexibility index (Phi) is 3.57. The lowest BCUT2D eigenvalue weighted by Gasteiger charge is -2.30. The van der Waals surface area contributed by atoms with Crippen LogP contribution in [0.25, 0.3) is 0 Å². The van der Waals surface area contributed by atoms with Crippen LogP contribution in [0.3, 0.4) is 0 Å². The standard InChI is InChI=1S/C14H16N2O2S/c17-13-10-12(15-6-8-19-9-7-15)14(18)16(13)11-4-2-1-3-5-11/h1-5,12H,6-10H2/t12-/m1/s1. The molecule has 19 heavy (non-hydrogen) atoms. The van der Waals surface area contributed by atoms with Crippen LogP contribution < -0.4 is 4.90 Å². The van der Waals surface area contributed by atoms with Crippen molar-refractivity contribution in [1.29, 1.82) is 0 Å². The summed E-state index contributed by atoms with van der Waals surface area (Å²) in [5, 5.41) is 0. The number of rotatable bonds is 2. The monoisotopic (exact) mass is 276 g/mol. The number of benzene rings is 1. The van der Waals surface area contributed by atoms with E-state index in [0.717, 1.165) is 24.6 Å². The highest BCUT2D eigenvalue weighted by Crippen LogP contribution is 2.26. The number of thioether (sulfide) groups is 1. The number of amides is 2. The van der Waals surface area contributed by atoms with Gasteiger partial charge in [-0.1, -0.05) is 18.2 Å². The molecule has 0 radical (unpaired) electrons. The van der Waals surface area contributed by atoms with E-state index in [0.29, 0.717) is 12.1 Å². The molecule has 0 aliphatic carbocycles. The molecule has 4 nitrogen and oxygen atoms in total. The van der Waals surface area contributed by atoms with Gasteiger partial charge in [-0.05, 0) is 12.1 Å². The van der Waals surface area contributed by atoms with Crippen LogP contribution in [0.5, 0.6) is 0 Å². The summed E-state index contributed by atoms with van der Waals surface area (Å²) in [5.74, 6) is 1.94. The molecule has 0 spiro atoms. The summed E-state index contributed by atoms with van der Waals surface area (Å²) in [6, 6.07) is 8.94. The molecule has 5 heteroatoms. The smallest absolute Gasteiger partial charge is 0.251 e. The zero-order chi connectivity index (χ0) is 13.2. The maximum atomic E-state index is 12.5. The molecule has 2 aliphatic heterocycles. The van der Waals surface area contributed by atoms with Crippen LogP contribution in [0, 0.1) is 0 Å². The second kappa shape index (κ2) is 5.35. The Hall–Kier alpha value is -1.33. The van der Waals surface area contributed by atoms with Crippen LogP contribution >= 0.6 is 11.8 Å². The van der Waals surface area contributed by atoms with Crippen molar-refractivity contribution in [3.8, 4) is 0 Å². The third-order valence-corrected chi connectivity index (χ3v) is 4.57. The summed E-state index contributed by atoms with van der Waals surface area (Å²) in [7, 11) is 0. The summed E-state index contributed by atoms with van der Waals surface area (Å²) in [4.78, 5) is 28.1.